The second-order valence-corrected chi connectivity index (χ2v) is 6.17. The van der Waals surface area contributed by atoms with E-state index in [1.165, 1.54) is 27.5 Å². The molecule has 3 aromatic carbocycles. The van der Waals surface area contributed by atoms with Crippen molar-refractivity contribution >= 4 is 16.5 Å². The average Bonchev–Trinajstić information content (AvgIpc) is 2.56. The molecule has 4 rings (SSSR count). The monoisotopic (exact) mass is 288 g/mol. The molecule has 0 aromatic heterocycles. The lowest BCUT2D eigenvalue weighted by Crippen LogP contribution is -2.34. The van der Waals surface area contributed by atoms with Crippen LogP contribution in [0, 0.1) is 0 Å². The Morgan fingerprint density at radius 1 is 0.864 bits per heavy atom. The Kier molecular flexibility index (Phi) is 3.12. The van der Waals surface area contributed by atoms with Gasteiger partial charge in [0.2, 0.25) is 0 Å². The summed E-state index contributed by atoms with van der Waals surface area (Å²) in [5.74, 6) is 0.177. The van der Waals surface area contributed by atoms with Crippen LogP contribution in [0.4, 0.5) is 5.69 Å². The number of nitrogen functional groups attached to an aromatic ring is 1. The predicted molar refractivity (Wildman–Crippen MR) is 92.9 cm³/mol. The van der Waals surface area contributed by atoms with Gasteiger partial charge in [-0.05, 0) is 46.4 Å². The molecule has 0 amide bonds. The molecule has 0 heterocycles. The van der Waals surface area contributed by atoms with Crippen molar-refractivity contribution in [1.82, 2.24) is 0 Å². The number of aryl methyl sites for hydroxylation is 1. The highest BCUT2D eigenvalue weighted by molar-refractivity contribution is 5.91. The van der Waals surface area contributed by atoms with E-state index in [1.54, 1.807) is 0 Å². The number of hydrogen-bond donors (Lipinski definition) is 2. The minimum Gasteiger partial charge on any atom is -0.398 e. The molecule has 22 heavy (non-hydrogen) atoms. The van der Waals surface area contributed by atoms with Crippen molar-refractivity contribution in [2.24, 2.45) is 5.73 Å². The van der Waals surface area contributed by atoms with Crippen LogP contribution in [0.1, 0.15) is 29.0 Å². The van der Waals surface area contributed by atoms with Crippen molar-refractivity contribution < 1.29 is 0 Å². The zero-order valence-corrected chi connectivity index (χ0v) is 12.5. The predicted octanol–water partition coefficient (Wildman–Crippen LogP) is 3.83. The summed E-state index contributed by atoms with van der Waals surface area (Å²) < 4.78 is 0. The van der Waals surface area contributed by atoms with E-state index >= 15 is 0 Å². The standard InChI is InChI=1S/C20H20N2/c21-17-11-9-13-5-1-3-7-15(13)19(17)20-16-8-4-2-6-14(16)10-12-18(20)22/h1-9,11,18,20H,10,12,21-22H2. The summed E-state index contributed by atoms with van der Waals surface area (Å²) in [6.07, 6.45) is 2.06. The highest BCUT2D eigenvalue weighted by atomic mass is 14.7. The summed E-state index contributed by atoms with van der Waals surface area (Å²) in [7, 11) is 0. The third-order valence-electron chi connectivity index (χ3n) is 4.88. The van der Waals surface area contributed by atoms with Gasteiger partial charge in [0.05, 0.1) is 0 Å². The molecule has 2 atom stereocenters. The first-order valence-corrected chi connectivity index (χ1v) is 7.86. The third-order valence-corrected chi connectivity index (χ3v) is 4.88. The molecule has 3 aromatic rings. The van der Waals surface area contributed by atoms with E-state index in [2.05, 4.69) is 54.6 Å². The molecule has 2 nitrogen and oxygen atoms in total. The number of anilines is 1. The fourth-order valence-corrected chi connectivity index (χ4v) is 3.81. The molecule has 110 valence electrons. The molecule has 0 fully saturated rings. The van der Waals surface area contributed by atoms with E-state index < -0.39 is 0 Å². The molecule has 4 N–H and O–H groups in total. The normalized spacial score (nSPS) is 20.8. The Morgan fingerprint density at radius 2 is 1.64 bits per heavy atom. The minimum atomic E-state index is 0.114. The van der Waals surface area contributed by atoms with Crippen LogP contribution in [0.15, 0.2) is 60.7 Å². The van der Waals surface area contributed by atoms with E-state index in [1.807, 2.05) is 6.07 Å². The van der Waals surface area contributed by atoms with E-state index in [0.717, 1.165) is 18.5 Å². The van der Waals surface area contributed by atoms with E-state index in [0.29, 0.717) is 0 Å². The molecule has 0 aliphatic heterocycles. The van der Waals surface area contributed by atoms with Gasteiger partial charge < -0.3 is 11.5 Å². The van der Waals surface area contributed by atoms with Crippen LogP contribution in [-0.4, -0.2) is 6.04 Å². The number of rotatable bonds is 1. The molecule has 0 radical (unpaired) electrons. The average molecular weight is 288 g/mol. The maximum atomic E-state index is 6.53. The van der Waals surface area contributed by atoms with Gasteiger partial charge in [-0.15, -0.1) is 0 Å². The lowest BCUT2D eigenvalue weighted by atomic mass is 9.74. The van der Waals surface area contributed by atoms with Crippen molar-refractivity contribution in [3.05, 3.63) is 77.4 Å². The van der Waals surface area contributed by atoms with Crippen LogP contribution in [-0.2, 0) is 6.42 Å². The highest BCUT2D eigenvalue weighted by Crippen LogP contribution is 2.41. The molecule has 1 aliphatic carbocycles. The minimum absolute atomic E-state index is 0.114. The third kappa shape index (κ3) is 1.99. The van der Waals surface area contributed by atoms with Crippen LogP contribution >= 0.6 is 0 Å². The van der Waals surface area contributed by atoms with Crippen molar-refractivity contribution in [2.45, 2.75) is 24.8 Å². The van der Waals surface area contributed by atoms with Crippen LogP contribution in [0.5, 0.6) is 0 Å². The van der Waals surface area contributed by atoms with Crippen molar-refractivity contribution in [2.75, 3.05) is 5.73 Å². The van der Waals surface area contributed by atoms with Crippen LogP contribution in [0.3, 0.4) is 0 Å². The summed E-state index contributed by atoms with van der Waals surface area (Å²) in [5, 5.41) is 2.45. The molecule has 0 saturated carbocycles. The molecule has 0 spiro atoms. The van der Waals surface area contributed by atoms with Gasteiger partial charge >= 0.3 is 0 Å². The summed E-state index contributed by atoms with van der Waals surface area (Å²) >= 11 is 0. The summed E-state index contributed by atoms with van der Waals surface area (Å²) in [6.45, 7) is 0. The van der Waals surface area contributed by atoms with E-state index in [4.69, 9.17) is 11.5 Å². The van der Waals surface area contributed by atoms with Gasteiger partial charge in [0.15, 0.2) is 0 Å². The Labute approximate surface area is 130 Å². The molecule has 2 heteroatoms. The first-order chi connectivity index (χ1) is 10.8. The number of fused-ring (bicyclic) bond motifs is 2. The van der Waals surface area contributed by atoms with Gasteiger partial charge in [0.25, 0.3) is 0 Å². The Bertz CT molecular complexity index is 838. The van der Waals surface area contributed by atoms with Gasteiger partial charge in [0, 0.05) is 17.6 Å². The summed E-state index contributed by atoms with van der Waals surface area (Å²) in [5.41, 5.74) is 17.7. The van der Waals surface area contributed by atoms with Crippen LogP contribution in [0.25, 0.3) is 10.8 Å². The highest BCUT2D eigenvalue weighted by Gasteiger charge is 2.30. The number of hydrogen-bond acceptors (Lipinski definition) is 2. The fourth-order valence-electron chi connectivity index (χ4n) is 3.81. The fraction of sp³-hybridized carbons (Fsp3) is 0.200. The second kappa shape index (κ2) is 5.15. The summed E-state index contributed by atoms with van der Waals surface area (Å²) in [4.78, 5) is 0. The maximum absolute atomic E-state index is 6.53. The van der Waals surface area contributed by atoms with Crippen molar-refractivity contribution in [1.29, 1.82) is 0 Å². The molecule has 1 aliphatic rings. The van der Waals surface area contributed by atoms with Gasteiger partial charge in [-0.1, -0.05) is 54.6 Å². The quantitative estimate of drug-likeness (QED) is 0.669. The Hall–Kier alpha value is -2.32. The SMILES string of the molecule is Nc1ccc2ccccc2c1C1c2ccccc2CCC1N. The number of nitrogens with two attached hydrogens (primary N) is 2. The molecular weight excluding hydrogens is 268 g/mol. The lowest BCUT2D eigenvalue weighted by Gasteiger charge is -2.33. The van der Waals surface area contributed by atoms with Crippen molar-refractivity contribution in [3.63, 3.8) is 0 Å². The topological polar surface area (TPSA) is 52.0 Å². The lowest BCUT2D eigenvalue weighted by molar-refractivity contribution is 0.521. The van der Waals surface area contributed by atoms with Crippen LogP contribution < -0.4 is 11.5 Å². The zero-order chi connectivity index (χ0) is 15.1. The second-order valence-electron chi connectivity index (χ2n) is 6.17. The van der Waals surface area contributed by atoms with Gasteiger partial charge in [-0.3, -0.25) is 0 Å². The zero-order valence-electron chi connectivity index (χ0n) is 12.5. The summed E-state index contributed by atoms with van der Waals surface area (Å²) in [6, 6.07) is 21.3. The van der Waals surface area contributed by atoms with Crippen LogP contribution in [0.2, 0.25) is 0 Å². The Balaban J connectivity index is 2.01. The first-order valence-electron chi connectivity index (χ1n) is 7.86. The largest absolute Gasteiger partial charge is 0.398 e. The van der Waals surface area contributed by atoms with Crippen molar-refractivity contribution in [3.8, 4) is 0 Å². The van der Waals surface area contributed by atoms with Gasteiger partial charge in [-0.2, -0.15) is 0 Å². The molecule has 0 bridgehead atoms. The van der Waals surface area contributed by atoms with E-state index in [9.17, 15) is 0 Å². The van der Waals surface area contributed by atoms with Gasteiger partial charge in [0.1, 0.15) is 0 Å². The first kappa shape index (κ1) is 13.4. The van der Waals surface area contributed by atoms with E-state index in [-0.39, 0.29) is 12.0 Å². The Morgan fingerprint density at radius 3 is 2.55 bits per heavy atom. The molecule has 0 saturated heterocycles. The maximum Gasteiger partial charge on any atom is 0.0359 e. The van der Waals surface area contributed by atoms with Gasteiger partial charge in [-0.25, -0.2) is 0 Å². The smallest absolute Gasteiger partial charge is 0.0359 e. The molecule has 2 unspecified atom stereocenters. The molecular formula is C20H20N2. The number of benzene rings is 3.